The molecule has 0 aliphatic heterocycles. The van der Waals surface area contributed by atoms with E-state index >= 15 is 0 Å². The topological polar surface area (TPSA) is 88.6 Å². The van der Waals surface area contributed by atoms with E-state index < -0.39 is 22.7 Å². The Hall–Kier alpha value is -3.82. The number of non-ortho nitro benzene ring substituents is 1. The van der Waals surface area contributed by atoms with Gasteiger partial charge in [-0.25, -0.2) is 4.79 Å². The van der Waals surface area contributed by atoms with E-state index in [1.807, 2.05) is 0 Å². The van der Waals surface area contributed by atoms with E-state index in [4.69, 9.17) is 4.42 Å². The van der Waals surface area contributed by atoms with E-state index in [0.717, 1.165) is 12.1 Å². The van der Waals surface area contributed by atoms with Gasteiger partial charge in [-0.2, -0.15) is 13.2 Å². The summed E-state index contributed by atoms with van der Waals surface area (Å²) < 4.78 is 44.0. The molecule has 1 aromatic heterocycles. The Morgan fingerprint density at radius 2 is 1.80 bits per heavy atom. The highest BCUT2D eigenvalue weighted by atomic mass is 19.4. The molecule has 0 fully saturated rings. The smallest absolute Gasteiger partial charge is 0.416 e. The number of urea groups is 1. The number of nitrogens with zero attached hydrogens (tertiary/aromatic N) is 2. The summed E-state index contributed by atoms with van der Waals surface area (Å²) in [5.74, 6) is 0.469. The molecule has 3 aromatic rings. The molecule has 0 spiro atoms. The zero-order valence-electron chi connectivity index (χ0n) is 15.4. The van der Waals surface area contributed by atoms with Crippen LogP contribution < -0.4 is 5.32 Å². The second-order valence-corrected chi connectivity index (χ2v) is 6.37. The first-order valence-corrected chi connectivity index (χ1v) is 8.71. The Morgan fingerprint density at radius 3 is 2.40 bits per heavy atom. The van der Waals surface area contributed by atoms with Crippen molar-refractivity contribution < 1.29 is 27.3 Å². The summed E-state index contributed by atoms with van der Waals surface area (Å²) >= 11 is 0. The van der Waals surface area contributed by atoms with Crippen molar-refractivity contribution in [1.29, 1.82) is 0 Å². The van der Waals surface area contributed by atoms with Gasteiger partial charge in [-0.15, -0.1) is 0 Å². The van der Waals surface area contributed by atoms with Gasteiger partial charge in [0.15, 0.2) is 0 Å². The molecular weight excluding hydrogens is 403 g/mol. The Morgan fingerprint density at radius 1 is 1.07 bits per heavy atom. The van der Waals surface area contributed by atoms with Crippen molar-refractivity contribution in [3.05, 3.63) is 93.9 Å². The minimum Gasteiger partial charge on any atom is -0.467 e. The summed E-state index contributed by atoms with van der Waals surface area (Å²) in [6.07, 6.45) is -3.10. The van der Waals surface area contributed by atoms with E-state index in [2.05, 4.69) is 5.32 Å². The van der Waals surface area contributed by atoms with Crippen LogP contribution in [0, 0.1) is 10.1 Å². The summed E-state index contributed by atoms with van der Waals surface area (Å²) in [4.78, 5) is 24.3. The largest absolute Gasteiger partial charge is 0.467 e. The number of nitro groups is 1. The lowest BCUT2D eigenvalue weighted by molar-refractivity contribution is -0.384. The summed E-state index contributed by atoms with van der Waals surface area (Å²) in [6, 6.07) is 12.6. The quantitative estimate of drug-likeness (QED) is 0.426. The number of anilines is 1. The summed E-state index contributed by atoms with van der Waals surface area (Å²) in [5, 5.41) is 13.2. The van der Waals surface area contributed by atoms with Crippen LogP contribution in [0.15, 0.2) is 71.3 Å². The third-order valence-electron chi connectivity index (χ3n) is 4.18. The minimum absolute atomic E-state index is 0.0111. The van der Waals surface area contributed by atoms with Crippen LogP contribution in [0.1, 0.15) is 16.9 Å². The fourth-order valence-electron chi connectivity index (χ4n) is 2.71. The number of alkyl halides is 3. The average Bonchev–Trinajstić information content (AvgIpc) is 3.20. The van der Waals surface area contributed by atoms with Gasteiger partial charge in [0.05, 0.1) is 23.3 Å². The zero-order valence-corrected chi connectivity index (χ0v) is 15.4. The molecule has 10 heteroatoms. The molecule has 0 radical (unpaired) electrons. The van der Waals surface area contributed by atoms with E-state index in [9.17, 15) is 28.1 Å². The van der Waals surface area contributed by atoms with Crippen molar-refractivity contribution in [3.8, 4) is 0 Å². The molecule has 0 bridgehead atoms. The number of rotatable bonds is 6. The van der Waals surface area contributed by atoms with Crippen LogP contribution in [0.3, 0.4) is 0 Å². The van der Waals surface area contributed by atoms with E-state index in [0.29, 0.717) is 11.3 Å². The highest BCUT2D eigenvalue weighted by Gasteiger charge is 2.30. The number of halogens is 3. The maximum absolute atomic E-state index is 12.9. The first kappa shape index (κ1) is 20.9. The normalized spacial score (nSPS) is 11.2. The molecule has 0 saturated carbocycles. The molecule has 0 atom stereocenters. The molecule has 30 heavy (non-hydrogen) atoms. The minimum atomic E-state index is -4.53. The first-order valence-electron chi connectivity index (χ1n) is 8.71. The Bertz CT molecular complexity index is 1020. The lowest BCUT2D eigenvalue weighted by Gasteiger charge is -2.22. The second kappa shape index (κ2) is 8.68. The van der Waals surface area contributed by atoms with Crippen LogP contribution in [0.4, 0.5) is 29.3 Å². The van der Waals surface area contributed by atoms with Gasteiger partial charge in [0, 0.05) is 24.4 Å². The SMILES string of the molecule is O=C(Nc1cccc(C(F)(F)F)c1)N(Cc1ccc([N+](=O)[O-])cc1)Cc1ccco1. The molecule has 2 aromatic carbocycles. The third-order valence-corrected chi connectivity index (χ3v) is 4.18. The Labute approximate surface area is 168 Å². The van der Waals surface area contributed by atoms with Crippen molar-refractivity contribution in [2.45, 2.75) is 19.3 Å². The average molecular weight is 419 g/mol. The van der Waals surface area contributed by atoms with Crippen molar-refractivity contribution in [2.24, 2.45) is 0 Å². The van der Waals surface area contributed by atoms with Gasteiger partial charge in [-0.1, -0.05) is 18.2 Å². The van der Waals surface area contributed by atoms with Crippen LogP contribution in [0.2, 0.25) is 0 Å². The Balaban J connectivity index is 1.79. The maximum Gasteiger partial charge on any atom is 0.416 e. The number of nitrogens with one attached hydrogen (secondary N) is 1. The molecule has 2 amide bonds. The van der Waals surface area contributed by atoms with Gasteiger partial charge in [0.25, 0.3) is 5.69 Å². The number of hydrogen-bond acceptors (Lipinski definition) is 4. The molecule has 1 heterocycles. The van der Waals surface area contributed by atoms with E-state index in [1.54, 1.807) is 12.1 Å². The Kier molecular flexibility index (Phi) is 6.05. The molecule has 156 valence electrons. The van der Waals surface area contributed by atoms with Gasteiger partial charge in [-0.3, -0.25) is 10.1 Å². The number of benzene rings is 2. The number of carbonyl (C=O) groups excluding carboxylic acids is 1. The van der Waals surface area contributed by atoms with Gasteiger partial charge in [-0.05, 0) is 35.9 Å². The van der Waals surface area contributed by atoms with Crippen molar-refractivity contribution in [3.63, 3.8) is 0 Å². The maximum atomic E-state index is 12.9. The van der Waals surface area contributed by atoms with Crippen molar-refractivity contribution in [2.75, 3.05) is 5.32 Å². The van der Waals surface area contributed by atoms with Crippen LogP contribution in [0.5, 0.6) is 0 Å². The molecule has 3 rings (SSSR count). The number of carbonyl (C=O) groups is 1. The highest BCUT2D eigenvalue weighted by Crippen LogP contribution is 2.30. The molecular formula is C20H16F3N3O4. The van der Waals surface area contributed by atoms with Crippen molar-refractivity contribution >= 4 is 17.4 Å². The number of furan rings is 1. The van der Waals surface area contributed by atoms with Gasteiger partial charge in [0.1, 0.15) is 5.76 Å². The summed E-state index contributed by atoms with van der Waals surface area (Å²) in [6.45, 7) is 0.109. The zero-order chi connectivity index (χ0) is 21.7. The predicted octanol–water partition coefficient (Wildman–Crippen LogP) is 5.44. The highest BCUT2D eigenvalue weighted by molar-refractivity contribution is 5.89. The molecule has 0 aliphatic carbocycles. The van der Waals surface area contributed by atoms with Crippen LogP contribution in [-0.2, 0) is 19.3 Å². The number of amides is 2. The first-order chi connectivity index (χ1) is 14.2. The fourth-order valence-corrected chi connectivity index (χ4v) is 2.71. The molecule has 0 aliphatic rings. The molecule has 0 unspecified atom stereocenters. The van der Waals surface area contributed by atoms with Gasteiger partial charge in [0.2, 0.25) is 0 Å². The molecule has 1 N–H and O–H groups in total. The van der Waals surface area contributed by atoms with E-state index in [1.165, 1.54) is 47.6 Å². The molecule has 7 nitrogen and oxygen atoms in total. The van der Waals surface area contributed by atoms with Crippen LogP contribution in [0.25, 0.3) is 0 Å². The van der Waals surface area contributed by atoms with Crippen molar-refractivity contribution in [1.82, 2.24) is 4.90 Å². The summed E-state index contributed by atoms with van der Waals surface area (Å²) in [5.41, 5.74) is -0.382. The van der Waals surface area contributed by atoms with Crippen LogP contribution in [-0.4, -0.2) is 15.9 Å². The molecule has 0 saturated heterocycles. The van der Waals surface area contributed by atoms with Gasteiger partial charge < -0.3 is 14.6 Å². The van der Waals surface area contributed by atoms with Gasteiger partial charge >= 0.3 is 12.2 Å². The third kappa shape index (κ3) is 5.37. The predicted molar refractivity (Wildman–Crippen MR) is 102 cm³/mol. The fraction of sp³-hybridized carbons (Fsp3) is 0.150. The summed E-state index contributed by atoms with van der Waals surface area (Å²) in [7, 11) is 0. The number of hydrogen-bond donors (Lipinski definition) is 1. The standard InChI is InChI=1S/C20H16F3N3O4/c21-20(22,23)15-3-1-4-16(11-15)24-19(27)25(13-18-5-2-10-30-18)12-14-6-8-17(9-7-14)26(28)29/h1-11H,12-13H2,(H,24,27). The lowest BCUT2D eigenvalue weighted by atomic mass is 10.2. The monoisotopic (exact) mass is 419 g/mol. The number of nitro benzene ring substituents is 1. The van der Waals surface area contributed by atoms with E-state index in [-0.39, 0.29) is 24.5 Å². The van der Waals surface area contributed by atoms with Crippen LogP contribution >= 0.6 is 0 Å². The lowest BCUT2D eigenvalue weighted by Crippen LogP contribution is -2.34. The second-order valence-electron chi connectivity index (χ2n) is 6.37.